The number of nitrogens with zero attached hydrogens (tertiary/aromatic N) is 4. The van der Waals surface area contributed by atoms with Crippen LogP contribution in [0.2, 0.25) is 5.02 Å². The molecule has 52 heavy (non-hydrogen) atoms. The van der Waals surface area contributed by atoms with Crippen LogP contribution in [0.15, 0.2) is 57.5 Å². The molecule has 0 unspecified atom stereocenters. The number of carboxylic acids is 1. The highest BCUT2D eigenvalue weighted by atomic mass is 127. The molecular weight excluding hydrogens is 858 g/mol. The van der Waals surface area contributed by atoms with E-state index < -0.39 is 38.5 Å². The molecule has 5 rings (SSSR count). The minimum absolute atomic E-state index is 0.0681. The Morgan fingerprint density at radius 3 is 2.29 bits per heavy atom. The number of aromatic carboxylic acids is 1. The molecule has 1 aliphatic carbocycles. The molecule has 2 heterocycles. The number of hydrogen-bond donors (Lipinski definition) is 3. The van der Waals surface area contributed by atoms with Crippen LogP contribution < -0.4 is 19.7 Å². The average molecular weight is 887 g/mol. The summed E-state index contributed by atoms with van der Waals surface area (Å²) in [5.74, 6) is -2.66. The van der Waals surface area contributed by atoms with Gasteiger partial charge in [0, 0.05) is 19.7 Å². The molecule has 1 aliphatic heterocycles. The molecule has 0 spiro atoms. The number of aromatic nitrogens is 3. The molecule has 1 aromatic heterocycles. The van der Waals surface area contributed by atoms with Gasteiger partial charge in [-0.2, -0.15) is 15.0 Å². The first-order chi connectivity index (χ1) is 24.6. The molecule has 3 aromatic rings. The van der Waals surface area contributed by atoms with Crippen molar-refractivity contribution in [2.24, 2.45) is 0 Å². The second kappa shape index (κ2) is 17.2. The number of imide groups is 1. The van der Waals surface area contributed by atoms with Crippen LogP contribution in [0.3, 0.4) is 0 Å². The number of carbonyl (C=O) groups excluding carboxylic acids is 4. The summed E-state index contributed by atoms with van der Waals surface area (Å²) in [5.41, 5.74) is 1.57. The fourth-order valence-corrected chi connectivity index (χ4v) is 7.13. The van der Waals surface area contributed by atoms with Gasteiger partial charge in [0.25, 0.3) is 21.8 Å². The Bertz CT molecular complexity index is 2120. The summed E-state index contributed by atoms with van der Waals surface area (Å²) in [7, 11) is -3.14. The standard InChI is InChI=1S/C19H17Cl2NO4.C13H12IN5O6S/c1-2-26-19(25)16(21)10-11-9-12(7-8-15(11)20)22-17(23)13-5-3-4-6-14(13)18(22)24;1-6-15-11(18-13(16-6)25-2)17-12(22)19-26(23,24)9-5-7(14)3-4-8(9)10(20)21/h7-10H,2-6H2,1H3;3-5H,1-2H3,(H,20,21)(H2,15,16,17,18,19,22)/b16-10-;. The van der Waals surface area contributed by atoms with Gasteiger partial charge in [0.2, 0.25) is 5.95 Å². The number of carbonyl (C=O) groups is 5. The lowest BCUT2D eigenvalue weighted by Gasteiger charge is -2.16. The zero-order chi connectivity index (χ0) is 38.3. The van der Waals surface area contributed by atoms with E-state index in [2.05, 4.69) is 20.3 Å². The number of nitrogens with one attached hydrogen (secondary N) is 2. The molecule has 0 atom stereocenters. The highest BCUT2D eigenvalue weighted by Crippen LogP contribution is 2.37. The third-order valence-electron chi connectivity index (χ3n) is 7.21. The number of sulfonamides is 1. The molecule has 3 N–H and O–H groups in total. The van der Waals surface area contributed by atoms with E-state index in [4.69, 9.17) is 37.8 Å². The first-order valence-electron chi connectivity index (χ1n) is 15.1. The van der Waals surface area contributed by atoms with Crippen LogP contribution in [-0.2, 0) is 29.1 Å². The second-order valence-corrected chi connectivity index (χ2v) is 14.4. The number of methoxy groups -OCH3 is 1. The normalized spacial score (nSPS) is 14.3. The lowest BCUT2D eigenvalue weighted by atomic mass is 9.93. The number of aryl methyl sites for hydroxylation is 1. The fraction of sp³-hybridized carbons (Fsp3) is 0.250. The van der Waals surface area contributed by atoms with Gasteiger partial charge in [0.1, 0.15) is 15.8 Å². The van der Waals surface area contributed by atoms with E-state index in [1.165, 1.54) is 31.1 Å². The smallest absolute Gasteiger partial charge is 0.349 e. The highest BCUT2D eigenvalue weighted by molar-refractivity contribution is 14.1. The average Bonchev–Trinajstić information content (AvgIpc) is 3.34. The maximum absolute atomic E-state index is 12.7. The predicted molar refractivity (Wildman–Crippen MR) is 196 cm³/mol. The lowest BCUT2D eigenvalue weighted by molar-refractivity contribution is -0.137. The van der Waals surface area contributed by atoms with E-state index >= 15 is 0 Å². The highest BCUT2D eigenvalue weighted by Gasteiger charge is 2.39. The number of carboxylic acid groups (broad SMARTS) is 1. The summed E-state index contributed by atoms with van der Waals surface area (Å²) in [4.78, 5) is 72.2. The van der Waals surface area contributed by atoms with Gasteiger partial charge in [-0.25, -0.2) is 32.4 Å². The molecule has 274 valence electrons. The summed E-state index contributed by atoms with van der Waals surface area (Å²) in [6, 6.07) is 7.20. The van der Waals surface area contributed by atoms with Gasteiger partial charge in [-0.3, -0.25) is 14.9 Å². The van der Waals surface area contributed by atoms with Crippen molar-refractivity contribution < 1.29 is 47.0 Å². The quantitative estimate of drug-likeness (QED) is 0.109. The fourth-order valence-electron chi connectivity index (χ4n) is 4.95. The van der Waals surface area contributed by atoms with Gasteiger partial charge in [-0.15, -0.1) is 0 Å². The predicted octanol–water partition coefficient (Wildman–Crippen LogP) is 5.23. The van der Waals surface area contributed by atoms with Gasteiger partial charge >= 0.3 is 24.0 Å². The van der Waals surface area contributed by atoms with Crippen molar-refractivity contribution in [1.29, 1.82) is 0 Å². The molecule has 0 saturated carbocycles. The number of urea groups is 1. The van der Waals surface area contributed by atoms with E-state index in [9.17, 15) is 32.4 Å². The maximum atomic E-state index is 12.7. The van der Waals surface area contributed by atoms with Crippen LogP contribution in [0.25, 0.3) is 6.08 Å². The van der Waals surface area contributed by atoms with E-state index in [1.807, 2.05) is 22.6 Å². The summed E-state index contributed by atoms with van der Waals surface area (Å²) >= 11 is 13.9. The number of hydrogen-bond acceptors (Lipinski definition) is 12. The number of halogens is 3. The molecular formula is C32H29Cl2IN6O10S. The molecule has 2 aliphatic rings. The number of benzene rings is 2. The minimum Gasteiger partial charge on any atom is -0.478 e. The Morgan fingerprint density at radius 2 is 1.69 bits per heavy atom. The van der Waals surface area contributed by atoms with Crippen LogP contribution in [-0.4, -0.2) is 72.0 Å². The first kappa shape index (κ1) is 40.1. The van der Waals surface area contributed by atoms with Crippen molar-refractivity contribution in [3.05, 3.63) is 78.1 Å². The van der Waals surface area contributed by atoms with E-state index in [0.717, 1.165) is 25.0 Å². The first-order valence-corrected chi connectivity index (χ1v) is 18.5. The summed E-state index contributed by atoms with van der Waals surface area (Å²) < 4.78 is 36.6. The number of ether oxygens (including phenoxy) is 2. The molecule has 16 nitrogen and oxygen atoms in total. The van der Waals surface area contributed by atoms with Gasteiger partial charge < -0.3 is 14.6 Å². The van der Waals surface area contributed by atoms with Crippen molar-refractivity contribution in [1.82, 2.24) is 19.7 Å². The molecule has 20 heteroatoms. The monoisotopic (exact) mass is 886 g/mol. The Balaban J connectivity index is 0.000000233. The summed E-state index contributed by atoms with van der Waals surface area (Å²) in [6.07, 6.45) is 4.45. The van der Waals surface area contributed by atoms with Gasteiger partial charge in [-0.05, 0) is 110 Å². The number of rotatable bonds is 9. The molecule has 0 saturated heterocycles. The van der Waals surface area contributed by atoms with Crippen molar-refractivity contribution in [3.63, 3.8) is 0 Å². The SMILES string of the molecule is CCOC(=O)/C(Cl)=C/c1cc(N2C(=O)C3=C(CCCC3)C2=O)ccc1Cl.COc1nc(C)nc(NC(=O)NS(=O)(=O)c2cc(I)ccc2C(=O)O)n1. The molecule has 0 fully saturated rings. The topological polar surface area (TPSA) is 224 Å². The van der Waals surface area contributed by atoms with Gasteiger partial charge in [0.15, 0.2) is 0 Å². The van der Waals surface area contributed by atoms with Crippen molar-refractivity contribution >= 4 is 103 Å². The van der Waals surface area contributed by atoms with Gasteiger partial charge in [-0.1, -0.05) is 23.2 Å². The molecule has 2 aromatic carbocycles. The summed E-state index contributed by atoms with van der Waals surface area (Å²) in [6.45, 7) is 3.40. The van der Waals surface area contributed by atoms with Crippen molar-refractivity contribution in [2.45, 2.75) is 44.4 Å². The molecule has 0 radical (unpaired) electrons. The Morgan fingerprint density at radius 1 is 1.04 bits per heavy atom. The van der Waals surface area contributed by atoms with E-state index in [1.54, 1.807) is 29.8 Å². The third kappa shape index (κ3) is 9.60. The van der Waals surface area contributed by atoms with Gasteiger partial charge in [0.05, 0.1) is 25.0 Å². The Labute approximate surface area is 320 Å². The van der Waals surface area contributed by atoms with E-state index in [0.29, 0.717) is 43.8 Å². The zero-order valence-electron chi connectivity index (χ0n) is 27.5. The second-order valence-electron chi connectivity index (χ2n) is 10.7. The molecule has 0 bridgehead atoms. The van der Waals surface area contributed by atoms with Crippen LogP contribution in [0.4, 0.5) is 16.4 Å². The number of anilines is 2. The van der Waals surface area contributed by atoms with E-state index in [-0.39, 0.29) is 41.2 Å². The summed E-state index contributed by atoms with van der Waals surface area (Å²) in [5, 5.41) is 11.5. The van der Waals surface area contributed by atoms with Crippen LogP contribution >= 0.6 is 45.8 Å². The maximum Gasteiger partial charge on any atom is 0.349 e. The van der Waals surface area contributed by atoms with Crippen LogP contribution in [0.5, 0.6) is 6.01 Å². The molecule has 4 amide bonds. The zero-order valence-corrected chi connectivity index (χ0v) is 32.0. The Hall–Kier alpha value is -4.66. The number of amides is 4. The van der Waals surface area contributed by atoms with Crippen LogP contribution in [0, 0.1) is 10.5 Å². The third-order valence-corrected chi connectivity index (χ3v) is 9.86. The Kier molecular flexibility index (Phi) is 13.3. The minimum atomic E-state index is -4.45. The van der Waals surface area contributed by atoms with Crippen molar-refractivity contribution in [2.75, 3.05) is 23.9 Å². The lowest BCUT2D eigenvalue weighted by Crippen LogP contribution is -2.35. The largest absolute Gasteiger partial charge is 0.478 e. The van der Waals surface area contributed by atoms with Crippen molar-refractivity contribution in [3.8, 4) is 6.01 Å². The number of esters is 1. The van der Waals surface area contributed by atoms with Crippen LogP contribution in [0.1, 0.15) is 54.4 Å².